The monoisotopic (exact) mass is 498 g/mol. The molecule has 0 aliphatic rings. The predicted octanol–water partition coefficient (Wildman–Crippen LogP) is 5.92. The number of ether oxygens (including phenoxy) is 1. The van der Waals surface area contributed by atoms with E-state index in [1.165, 1.54) is 6.07 Å². The van der Waals surface area contributed by atoms with Crippen LogP contribution in [-0.4, -0.2) is 26.4 Å². The van der Waals surface area contributed by atoms with Gasteiger partial charge in [0.05, 0.1) is 21.5 Å². The van der Waals surface area contributed by atoms with E-state index in [9.17, 15) is 13.6 Å². The molecule has 0 bridgehead atoms. The minimum absolute atomic E-state index is 0.0277. The molecule has 0 fully saturated rings. The van der Waals surface area contributed by atoms with Gasteiger partial charge in [-0.15, -0.1) is 16.8 Å². The predicted molar refractivity (Wildman–Crippen MR) is 121 cm³/mol. The zero-order valence-corrected chi connectivity index (χ0v) is 19.1. The number of amides is 1. The van der Waals surface area contributed by atoms with Gasteiger partial charge in [-0.25, -0.2) is 8.78 Å². The highest BCUT2D eigenvalue weighted by Gasteiger charge is 2.21. The van der Waals surface area contributed by atoms with Crippen molar-refractivity contribution in [3.05, 3.63) is 76.6 Å². The minimum atomic E-state index is -0.822. The first-order chi connectivity index (χ1) is 15.3. The number of carbonyl (C=O) groups excluding carboxylic acids is 1. The van der Waals surface area contributed by atoms with Crippen LogP contribution >= 0.6 is 35.0 Å². The van der Waals surface area contributed by atoms with Gasteiger partial charge in [0.2, 0.25) is 5.91 Å². The molecule has 32 heavy (non-hydrogen) atoms. The Balaban J connectivity index is 1.70. The van der Waals surface area contributed by atoms with Gasteiger partial charge in [-0.3, -0.25) is 9.36 Å². The first kappa shape index (κ1) is 24.0. The number of thioether (sulfide) groups is 1. The number of benzene rings is 2. The Kier molecular flexibility index (Phi) is 8.11. The van der Waals surface area contributed by atoms with Gasteiger partial charge < -0.3 is 10.1 Å². The maximum Gasteiger partial charge on any atom is 0.234 e. The number of hydrogen-bond donors (Lipinski definition) is 1. The fourth-order valence-corrected chi connectivity index (χ4v) is 3.84. The van der Waals surface area contributed by atoms with Gasteiger partial charge in [0.25, 0.3) is 0 Å². The minimum Gasteiger partial charge on any atom is -0.480 e. The third-order valence-corrected chi connectivity index (χ3v) is 5.96. The number of anilines is 1. The summed E-state index contributed by atoms with van der Waals surface area (Å²) in [5.74, 6) is -1.52. The van der Waals surface area contributed by atoms with Crippen molar-refractivity contribution < 1.29 is 18.3 Å². The van der Waals surface area contributed by atoms with Crippen LogP contribution in [0.1, 0.15) is 18.9 Å². The summed E-state index contributed by atoms with van der Waals surface area (Å²) in [7, 11) is 0. The number of allylic oxidation sites excluding steroid dienone is 1. The van der Waals surface area contributed by atoms with Crippen LogP contribution in [0.25, 0.3) is 0 Å². The molecule has 1 unspecified atom stereocenters. The Morgan fingerprint density at radius 3 is 2.81 bits per heavy atom. The molecule has 1 amide bonds. The van der Waals surface area contributed by atoms with Gasteiger partial charge in [-0.2, -0.15) is 0 Å². The van der Waals surface area contributed by atoms with Gasteiger partial charge in [-0.05, 0) is 31.2 Å². The summed E-state index contributed by atoms with van der Waals surface area (Å²) < 4.78 is 34.4. The van der Waals surface area contributed by atoms with Crippen molar-refractivity contribution in [3.8, 4) is 5.75 Å². The summed E-state index contributed by atoms with van der Waals surface area (Å²) >= 11 is 13.2. The molecule has 1 heterocycles. The van der Waals surface area contributed by atoms with Crippen molar-refractivity contribution >= 4 is 46.6 Å². The molecule has 6 nitrogen and oxygen atoms in total. The van der Waals surface area contributed by atoms with Crippen LogP contribution in [0.15, 0.2) is 54.2 Å². The van der Waals surface area contributed by atoms with Crippen molar-refractivity contribution in [2.24, 2.45) is 0 Å². The number of halogens is 4. The lowest BCUT2D eigenvalue weighted by Gasteiger charge is -2.16. The molecule has 1 atom stereocenters. The van der Waals surface area contributed by atoms with E-state index in [4.69, 9.17) is 27.9 Å². The van der Waals surface area contributed by atoms with Crippen LogP contribution < -0.4 is 10.1 Å². The van der Waals surface area contributed by atoms with E-state index in [1.54, 1.807) is 35.8 Å². The summed E-state index contributed by atoms with van der Waals surface area (Å²) in [6.45, 7) is 5.72. The molecule has 3 rings (SSSR count). The average molecular weight is 499 g/mol. The van der Waals surface area contributed by atoms with E-state index < -0.39 is 17.7 Å². The number of rotatable bonds is 9. The van der Waals surface area contributed by atoms with Crippen molar-refractivity contribution in [1.29, 1.82) is 0 Å². The SMILES string of the molecule is C=CCn1c(SCC(=O)Nc2cccc(Cl)c2Cl)nnc1C(C)Oc1ccc(F)cc1F. The van der Waals surface area contributed by atoms with E-state index in [2.05, 4.69) is 22.1 Å². The van der Waals surface area contributed by atoms with Crippen LogP contribution in [-0.2, 0) is 11.3 Å². The summed E-state index contributed by atoms with van der Waals surface area (Å²) in [6, 6.07) is 7.98. The Morgan fingerprint density at radius 1 is 1.31 bits per heavy atom. The van der Waals surface area contributed by atoms with Gasteiger partial charge >= 0.3 is 0 Å². The van der Waals surface area contributed by atoms with Crippen LogP contribution in [0.5, 0.6) is 5.75 Å². The smallest absolute Gasteiger partial charge is 0.234 e. The summed E-state index contributed by atoms with van der Waals surface area (Å²) in [5, 5.41) is 12.0. The zero-order chi connectivity index (χ0) is 23.3. The van der Waals surface area contributed by atoms with E-state index in [0.29, 0.717) is 28.2 Å². The maximum atomic E-state index is 13.9. The van der Waals surface area contributed by atoms with E-state index in [0.717, 1.165) is 23.9 Å². The Labute approximate surface area is 197 Å². The quantitative estimate of drug-likeness (QED) is 0.293. The molecule has 0 aliphatic carbocycles. The highest BCUT2D eigenvalue weighted by atomic mass is 35.5. The van der Waals surface area contributed by atoms with Crippen molar-refractivity contribution in [3.63, 3.8) is 0 Å². The van der Waals surface area contributed by atoms with Gasteiger partial charge in [0, 0.05) is 12.6 Å². The van der Waals surface area contributed by atoms with Crippen LogP contribution in [0, 0.1) is 11.6 Å². The fraction of sp³-hybridized carbons (Fsp3) is 0.190. The van der Waals surface area contributed by atoms with E-state index in [-0.39, 0.29) is 22.4 Å². The normalized spacial score (nSPS) is 11.8. The first-order valence-corrected chi connectivity index (χ1v) is 11.1. The molecule has 1 N–H and O–H groups in total. The van der Waals surface area contributed by atoms with Crippen LogP contribution in [0.2, 0.25) is 10.0 Å². The lowest BCUT2D eigenvalue weighted by molar-refractivity contribution is -0.113. The first-order valence-electron chi connectivity index (χ1n) is 9.32. The summed E-state index contributed by atoms with van der Waals surface area (Å²) in [4.78, 5) is 12.4. The topological polar surface area (TPSA) is 69.0 Å². The Bertz CT molecular complexity index is 1140. The van der Waals surface area contributed by atoms with Gasteiger partial charge in [-0.1, -0.05) is 47.1 Å². The van der Waals surface area contributed by atoms with Crippen molar-refractivity contribution in [2.45, 2.75) is 24.7 Å². The number of hydrogen-bond acceptors (Lipinski definition) is 5. The lowest BCUT2D eigenvalue weighted by Crippen LogP contribution is -2.16. The lowest BCUT2D eigenvalue weighted by atomic mass is 10.3. The van der Waals surface area contributed by atoms with Crippen molar-refractivity contribution in [1.82, 2.24) is 14.8 Å². The Hall–Kier alpha value is -2.62. The highest BCUT2D eigenvalue weighted by Crippen LogP contribution is 2.30. The molecule has 11 heteroatoms. The Morgan fingerprint density at radius 2 is 2.09 bits per heavy atom. The van der Waals surface area contributed by atoms with E-state index in [1.807, 2.05) is 0 Å². The molecular formula is C21H18Cl2F2N4O2S. The second kappa shape index (κ2) is 10.8. The summed E-state index contributed by atoms with van der Waals surface area (Å²) in [5.41, 5.74) is 0.404. The molecule has 1 aromatic heterocycles. The highest BCUT2D eigenvalue weighted by molar-refractivity contribution is 7.99. The molecule has 0 radical (unpaired) electrons. The standard InChI is InChI=1S/C21H18Cl2F2N4O2S/c1-3-9-29-20(12(2)31-17-8-7-13(24)10-15(17)25)27-28-21(29)32-11-18(30)26-16-6-4-5-14(22)19(16)23/h3-8,10,12H,1,9,11H2,2H3,(H,26,30). The average Bonchev–Trinajstić information content (AvgIpc) is 3.15. The fourth-order valence-electron chi connectivity index (χ4n) is 2.74. The van der Waals surface area contributed by atoms with Crippen molar-refractivity contribution in [2.75, 3.05) is 11.1 Å². The molecule has 0 spiro atoms. The largest absolute Gasteiger partial charge is 0.480 e. The molecule has 0 saturated heterocycles. The molecule has 0 aliphatic heterocycles. The maximum absolute atomic E-state index is 13.9. The molecular weight excluding hydrogens is 481 g/mol. The third kappa shape index (κ3) is 5.79. The molecule has 0 saturated carbocycles. The summed E-state index contributed by atoms with van der Waals surface area (Å²) in [6.07, 6.45) is 0.935. The van der Waals surface area contributed by atoms with Gasteiger partial charge in [0.1, 0.15) is 5.82 Å². The second-order valence-corrected chi connectivity index (χ2v) is 8.24. The number of nitrogens with zero attached hydrogens (tertiary/aromatic N) is 3. The number of aromatic nitrogens is 3. The molecule has 2 aromatic carbocycles. The number of nitrogens with one attached hydrogen (secondary N) is 1. The second-order valence-electron chi connectivity index (χ2n) is 6.51. The third-order valence-electron chi connectivity index (χ3n) is 4.18. The van der Waals surface area contributed by atoms with Crippen LogP contribution in [0.3, 0.4) is 0 Å². The van der Waals surface area contributed by atoms with Crippen LogP contribution in [0.4, 0.5) is 14.5 Å². The molecule has 3 aromatic rings. The number of carbonyl (C=O) groups is 1. The molecule has 168 valence electrons. The zero-order valence-electron chi connectivity index (χ0n) is 16.8. The van der Waals surface area contributed by atoms with E-state index >= 15 is 0 Å². The van der Waals surface area contributed by atoms with Gasteiger partial charge in [0.15, 0.2) is 28.7 Å².